The number of oxazole rings is 1. The Labute approximate surface area is 154 Å². The molecule has 0 spiro atoms. The summed E-state index contributed by atoms with van der Waals surface area (Å²) in [6.45, 7) is 1.70. The number of methoxy groups -OCH3 is 1. The zero-order valence-corrected chi connectivity index (χ0v) is 14.7. The monoisotopic (exact) mass is 368 g/mol. The van der Waals surface area contributed by atoms with Crippen LogP contribution >= 0.6 is 0 Å². The molecule has 0 saturated heterocycles. The van der Waals surface area contributed by atoms with E-state index < -0.39 is 10.9 Å². The Morgan fingerprint density at radius 1 is 1.19 bits per heavy atom. The van der Waals surface area contributed by atoms with Crippen LogP contribution in [-0.4, -0.2) is 23.0 Å². The minimum Gasteiger partial charge on any atom is -0.493 e. The maximum Gasteiger partial charge on any atom is 0.317 e. The number of aromatic nitrogens is 1. The average molecular weight is 368 g/mol. The first-order valence-corrected chi connectivity index (χ1v) is 8.02. The molecule has 1 aromatic heterocycles. The third-order valence-electron chi connectivity index (χ3n) is 3.81. The quantitative estimate of drug-likeness (QED) is 0.283. The molecule has 0 radical (unpaired) electrons. The second-order valence-corrected chi connectivity index (χ2v) is 5.63. The number of rotatable bonds is 6. The number of benzene rings is 2. The van der Waals surface area contributed by atoms with Gasteiger partial charge in [-0.1, -0.05) is 18.2 Å². The van der Waals surface area contributed by atoms with Crippen LogP contribution in [0.3, 0.4) is 0 Å². The molecule has 1 heterocycles. The van der Waals surface area contributed by atoms with E-state index in [0.29, 0.717) is 17.3 Å². The predicted molar refractivity (Wildman–Crippen MR) is 95.7 cm³/mol. The molecule has 0 unspecified atom stereocenters. The van der Waals surface area contributed by atoms with E-state index in [4.69, 9.17) is 13.9 Å². The molecule has 27 heavy (non-hydrogen) atoms. The van der Waals surface area contributed by atoms with Crippen molar-refractivity contribution in [2.75, 3.05) is 7.11 Å². The van der Waals surface area contributed by atoms with Crippen LogP contribution < -0.4 is 9.47 Å². The van der Waals surface area contributed by atoms with Crippen LogP contribution in [0, 0.1) is 17.0 Å². The van der Waals surface area contributed by atoms with Crippen molar-refractivity contribution in [3.05, 3.63) is 70.1 Å². The lowest BCUT2D eigenvalue weighted by Crippen LogP contribution is -2.13. The molecule has 8 heteroatoms. The topological polar surface area (TPSA) is 105 Å². The van der Waals surface area contributed by atoms with Crippen molar-refractivity contribution in [2.45, 2.75) is 13.3 Å². The smallest absolute Gasteiger partial charge is 0.317 e. The maximum absolute atomic E-state index is 12.3. The van der Waals surface area contributed by atoms with Gasteiger partial charge >= 0.3 is 5.97 Å². The van der Waals surface area contributed by atoms with Gasteiger partial charge in [-0.15, -0.1) is 0 Å². The standard InChI is InChI=1S/C19H16N2O6/c1-12-15(20-19(26-12)13-6-4-3-5-7-13)11-18(22)27-17-10-14(21(23)24)8-9-16(17)25-2/h3-10H,11H2,1-2H3. The van der Waals surface area contributed by atoms with Crippen molar-refractivity contribution < 1.29 is 23.6 Å². The minimum atomic E-state index is -0.634. The van der Waals surface area contributed by atoms with E-state index in [9.17, 15) is 14.9 Å². The molecule has 3 aromatic rings. The molecule has 0 bridgehead atoms. The van der Waals surface area contributed by atoms with Crippen LogP contribution in [-0.2, 0) is 11.2 Å². The van der Waals surface area contributed by atoms with Crippen LogP contribution in [0.4, 0.5) is 5.69 Å². The molecule has 0 aliphatic rings. The molecular weight excluding hydrogens is 352 g/mol. The van der Waals surface area contributed by atoms with Gasteiger partial charge in [-0.25, -0.2) is 4.98 Å². The minimum absolute atomic E-state index is 0.0267. The van der Waals surface area contributed by atoms with Gasteiger partial charge in [0.25, 0.3) is 5.69 Å². The van der Waals surface area contributed by atoms with Crippen LogP contribution in [0.1, 0.15) is 11.5 Å². The van der Waals surface area contributed by atoms with E-state index in [1.54, 1.807) is 6.92 Å². The summed E-state index contributed by atoms with van der Waals surface area (Å²) >= 11 is 0. The molecule has 0 saturated carbocycles. The molecule has 138 valence electrons. The summed E-state index contributed by atoms with van der Waals surface area (Å²) in [5.41, 5.74) is 1.02. The largest absolute Gasteiger partial charge is 0.493 e. The Kier molecular flexibility index (Phi) is 5.16. The van der Waals surface area contributed by atoms with Crippen LogP contribution in [0.15, 0.2) is 52.9 Å². The van der Waals surface area contributed by atoms with Crippen molar-refractivity contribution in [1.82, 2.24) is 4.98 Å². The Bertz CT molecular complexity index is 981. The second kappa shape index (κ2) is 7.69. The molecule has 8 nitrogen and oxygen atoms in total. The first kappa shape index (κ1) is 18.1. The summed E-state index contributed by atoms with van der Waals surface area (Å²) in [6.07, 6.45) is -0.145. The van der Waals surface area contributed by atoms with Crippen LogP contribution in [0.25, 0.3) is 11.5 Å². The number of ether oxygens (including phenoxy) is 2. The fraction of sp³-hybridized carbons (Fsp3) is 0.158. The highest BCUT2D eigenvalue weighted by molar-refractivity contribution is 5.76. The molecule has 0 N–H and O–H groups in total. The molecule has 3 rings (SSSR count). The van der Waals surface area contributed by atoms with Crippen molar-refractivity contribution in [3.63, 3.8) is 0 Å². The average Bonchev–Trinajstić information content (AvgIpc) is 3.02. The zero-order valence-electron chi connectivity index (χ0n) is 14.7. The lowest BCUT2D eigenvalue weighted by Gasteiger charge is -2.08. The number of non-ortho nitro benzene ring substituents is 1. The number of carbonyl (C=O) groups excluding carboxylic acids is 1. The summed E-state index contributed by atoms with van der Waals surface area (Å²) in [5.74, 6) is 0.461. The molecule has 0 aliphatic carbocycles. The Morgan fingerprint density at radius 3 is 2.59 bits per heavy atom. The van der Waals surface area contributed by atoms with Crippen LogP contribution in [0.2, 0.25) is 0 Å². The van der Waals surface area contributed by atoms with E-state index in [2.05, 4.69) is 4.98 Å². The molecule has 0 fully saturated rings. The Hall–Kier alpha value is -3.68. The fourth-order valence-electron chi connectivity index (χ4n) is 2.45. The van der Waals surface area contributed by atoms with E-state index >= 15 is 0 Å². The number of nitro benzene ring substituents is 1. The number of nitrogens with zero attached hydrogens (tertiary/aromatic N) is 2. The highest BCUT2D eigenvalue weighted by Gasteiger charge is 2.19. The van der Waals surface area contributed by atoms with Gasteiger partial charge in [-0.2, -0.15) is 0 Å². The maximum atomic E-state index is 12.3. The molecule has 2 aromatic carbocycles. The summed E-state index contributed by atoms with van der Waals surface area (Å²) in [6, 6.07) is 13.1. The zero-order chi connectivity index (χ0) is 19.4. The molecule has 0 atom stereocenters. The van der Waals surface area contributed by atoms with Crippen molar-refractivity contribution in [3.8, 4) is 23.0 Å². The van der Waals surface area contributed by atoms with Gasteiger partial charge in [-0.05, 0) is 25.1 Å². The van der Waals surface area contributed by atoms with Crippen molar-refractivity contribution in [1.29, 1.82) is 0 Å². The normalized spacial score (nSPS) is 10.4. The van der Waals surface area contributed by atoms with Gasteiger partial charge in [0, 0.05) is 11.6 Å². The van der Waals surface area contributed by atoms with Gasteiger partial charge in [0.1, 0.15) is 5.76 Å². The Balaban J connectivity index is 1.78. The molecule has 0 aliphatic heterocycles. The number of carbonyl (C=O) groups is 1. The fourth-order valence-corrected chi connectivity index (χ4v) is 2.45. The number of esters is 1. The van der Waals surface area contributed by atoms with E-state index in [1.165, 1.54) is 19.2 Å². The van der Waals surface area contributed by atoms with Crippen molar-refractivity contribution in [2.24, 2.45) is 0 Å². The number of nitro groups is 1. The summed E-state index contributed by atoms with van der Waals surface area (Å²) in [5, 5.41) is 10.9. The molecular formula is C19H16N2O6. The summed E-state index contributed by atoms with van der Waals surface area (Å²) in [7, 11) is 1.38. The highest BCUT2D eigenvalue weighted by atomic mass is 16.6. The Morgan fingerprint density at radius 2 is 1.93 bits per heavy atom. The highest BCUT2D eigenvalue weighted by Crippen LogP contribution is 2.31. The SMILES string of the molecule is COc1ccc([N+](=O)[O-])cc1OC(=O)Cc1nc(-c2ccccc2)oc1C. The van der Waals surface area contributed by atoms with Crippen LogP contribution in [0.5, 0.6) is 11.5 Å². The summed E-state index contributed by atoms with van der Waals surface area (Å²) in [4.78, 5) is 27.0. The van der Waals surface area contributed by atoms with Gasteiger partial charge in [0.2, 0.25) is 5.89 Å². The van der Waals surface area contributed by atoms with Gasteiger partial charge < -0.3 is 13.9 Å². The lowest BCUT2D eigenvalue weighted by molar-refractivity contribution is -0.384. The number of hydrogen-bond donors (Lipinski definition) is 0. The van der Waals surface area contributed by atoms with Gasteiger partial charge in [0.05, 0.1) is 30.2 Å². The van der Waals surface area contributed by atoms with Gasteiger partial charge in [0.15, 0.2) is 11.5 Å². The number of hydrogen-bond acceptors (Lipinski definition) is 7. The van der Waals surface area contributed by atoms with E-state index in [1.807, 2.05) is 30.3 Å². The van der Waals surface area contributed by atoms with E-state index in [0.717, 1.165) is 11.6 Å². The van der Waals surface area contributed by atoms with Gasteiger partial charge in [-0.3, -0.25) is 14.9 Å². The number of aryl methyl sites for hydroxylation is 1. The third-order valence-corrected chi connectivity index (χ3v) is 3.81. The lowest BCUT2D eigenvalue weighted by atomic mass is 10.2. The van der Waals surface area contributed by atoms with Crippen molar-refractivity contribution >= 4 is 11.7 Å². The summed E-state index contributed by atoms with van der Waals surface area (Å²) < 4.78 is 15.9. The predicted octanol–water partition coefficient (Wildman–Crippen LogP) is 3.71. The second-order valence-electron chi connectivity index (χ2n) is 5.63. The first-order chi connectivity index (χ1) is 13.0. The van der Waals surface area contributed by atoms with E-state index in [-0.39, 0.29) is 23.6 Å². The third kappa shape index (κ3) is 4.12. The molecule has 0 amide bonds. The first-order valence-electron chi connectivity index (χ1n) is 8.02.